The number of carbonyl (C=O) groups excluding carboxylic acids is 1. The fourth-order valence-electron chi connectivity index (χ4n) is 1.85. The van der Waals surface area contributed by atoms with E-state index in [9.17, 15) is 4.79 Å². The van der Waals surface area contributed by atoms with Gasteiger partial charge >= 0.3 is 0 Å². The van der Waals surface area contributed by atoms with Crippen LogP contribution >= 0.6 is 0 Å². The van der Waals surface area contributed by atoms with Crippen LogP contribution in [0.25, 0.3) is 0 Å². The highest BCUT2D eigenvalue weighted by molar-refractivity contribution is 5.49. The zero-order chi connectivity index (χ0) is 8.97. The van der Waals surface area contributed by atoms with Gasteiger partial charge in [-0.2, -0.15) is 0 Å². The molecule has 0 aromatic carbocycles. The zero-order valence-corrected chi connectivity index (χ0v) is 8.05. The highest BCUT2D eigenvalue weighted by Crippen LogP contribution is 2.30. The van der Waals surface area contributed by atoms with Crippen molar-refractivity contribution in [3.8, 4) is 0 Å². The molecular formula is C11H18O. The Labute approximate surface area is 74.9 Å². The number of allylic oxidation sites excluding steroid dienone is 2. The van der Waals surface area contributed by atoms with Crippen LogP contribution in [0, 0.1) is 11.8 Å². The predicted octanol–water partition coefficient (Wildman–Crippen LogP) is 2.96. The van der Waals surface area contributed by atoms with Gasteiger partial charge in [-0.05, 0) is 38.0 Å². The Balaban J connectivity index is 2.39. The van der Waals surface area contributed by atoms with Crippen molar-refractivity contribution in [1.29, 1.82) is 0 Å². The Morgan fingerprint density at radius 1 is 1.75 bits per heavy atom. The Kier molecular flexibility index (Phi) is 3.51. The van der Waals surface area contributed by atoms with E-state index in [1.807, 2.05) is 0 Å². The molecule has 0 bridgehead atoms. The molecule has 1 rings (SSSR count). The molecule has 68 valence electrons. The van der Waals surface area contributed by atoms with Crippen LogP contribution in [0.3, 0.4) is 0 Å². The lowest BCUT2D eigenvalue weighted by Crippen LogP contribution is -2.14. The van der Waals surface area contributed by atoms with Crippen LogP contribution in [0.2, 0.25) is 0 Å². The summed E-state index contributed by atoms with van der Waals surface area (Å²) in [5, 5.41) is 0. The smallest absolute Gasteiger partial charge is 0.120 e. The van der Waals surface area contributed by atoms with Crippen molar-refractivity contribution >= 4 is 6.29 Å². The predicted molar refractivity (Wildman–Crippen MR) is 50.9 cm³/mol. The van der Waals surface area contributed by atoms with Gasteiger partial charge in [-0.3, -0.25) is 0 Å². The molecule has 0 aromatic heterocycles. The standard InChI is InChI=1S/C11H18O/c1-9-3-5-11(6-4-9)10(2)7-8-12/h3,8,10-11H,4-7H2,1-2H3/t10-,11-/m0/s1. The normalized spacial score (nSPS) is 26.2. The van der Waals surface area contributed by atoms with Crippen LogP contribution in [0.5, 0.6) is 0 Å². The molecule has 1 aliphatic rings. The molecule has 0 heterocycles. The van der Waals surface area contributed by atoms with E-state index in [4.69, 9.17) is 0 Å². The van der Waals surface area contributed by atoms with Gasteiger partial charge in [0.25, 0.3) is 0 Å². The number of hydrogen-bond acceptors (Lipinski definition) is 1. The summed E-state index contributed by atoms with van der Waals surface area (Å²) in [5.74, 6) is 1.32. The summed E-state index contributed by atoms with van der Waals surface area (Å²) in [7, 11) is 0. The highest BCUT2D eigenvalue weighted by atomic mass is 16.1. The Morgan fingerprint density at radius 2 is 2.50 bits per heavy atom. The molecule has 0 radical (unpaired) electrons. The van der Waals surface area contributed by atoms with Crippen LogP contribution in [-0.2, 0) is 4.79 Å². The van der Waals surface area contributed by atoms with Gasteiger partial charge in [0.1, 0.15) is 6.29 Å². The first-order chi connectivity index (χ1) is 5.74. The molecule has 0 amide bonds. The first kappa shape index (κ1) is 9.50. The maximum atomic E-state index is 10.3. The second-order valence-electron chi connectivity index (χ2n) is 3.96. The Hall–Kier alpha value is -0.590. The van der Waals surface area contributed by atoms with Gasteiger partial charge in [0.05, 0.1) is 0 Å². The van der Waals surface area contributed by atoms with Crippen molar-refractivity contribution in [3.05, 3.63) is 11.6 Å². The molecule has 0 aliphatic heterocycles. The average Bonchev–Trinajstić information content (AvgIpc) is 2.06. The van der Waals surface area contributed by atoms with E-state index in [2.05, 4.69) is 19.9 Å². The quantitative estimate of drug-likeness (QED) is 0.465. The highest BCUT2D eigenvalue weighted by Gasteiger charge is 2.18. The topological polar surface area (TPSA) is 17.1 Å². The maximum Gasteiger partial charge on any atom is 0.120 e. The number of hydrogen-bond donors (Lipinski definition) is 0. The van der Waals surface area contributed by atoms with Crippen LogP contribution in [0.1, 0.15) is 39.5 Å². The van der Waals surface area contributed by atoms with Crippen molar-refractivity contribution in [2.75, 3.05) is 0 Å². The molecule has 1 heteroatoms. The molecular weight excluding hydrogens is 148 g/mol. The first-order valence-electron chi connectivity index (χ1n) is 4.83. The van der Waals surface area contributed by atoms with Crippen molar-refractivity contribution in [2.24, 2.45) is 11.8 Å². The third kappa shape index (κ3) is 2.47. The van der Waals surface area contributed by atoms with E-state index in [1.165, 1.54) is 24.8 Å². The number of aldehydes is 1. The van der Waals surface area contributed by atoms with Crippen LogP contribution < -0.4 is 0 Å². The van der Waals surface area contributed by atoms with Gasteiger partial charge < -0.3 is 4.79 Å². The van der Waals surface area contributed by atoms with Crippen molar-refractivity contribution in [3.63, 3.8) is 0 Å². The fraction of sp³-hybridized carbons (Fsp3) is 0.727. The molecule has 0 fully saturated rings. The molecule has 12 heavy (non-hydrogen) atoms. The molecule has 0 unspecified atom stereocenters. The molecule has 1 nitrogen and oxygen atoms in total. The second kappa shape index (κ2) is 4.44. The van der Waals surface area contributed by atoms with Gasteiger partial charge in [-0.15, -0.1) is 0 Å². The molecule has 2 atom stereocenters. The van der Waals surface area contributed by atoms with Crippen LogP contribution in [0.15, 0.2) is 11.6 Å². The summed E-state index contributed by atoms with van der Waals surface area (Å²) >= 11 is 0. The van der Waals surface area contributed by atoms with E-state index < -0.39 is 0 Å². The number of carbonyl (C=O) groups is 1. The van der Waals surface area contributed by atoms with Gasteiger partial charge in [0, 0.05) is 6.42 Å². The lowest BCUT2D eigenvalue weighted by molar-refractivity contribution is -0.108. The number of rotatable bonds is 3. The van der Waals surface area contributed by atoms with Crippen LogP contribution in [0.4, 0.5) is 0 Å². The summed E-state index contributed by atoms with van der Waals surface area (Å²) in [6, 6.07) is 0. The van der Waals surface area contributed by atoms with Crippen LogP contribution in [-0.4, -0.2) is 6.29 Å². The minimum atomic E-state index is 0.576. The maximum absolute atomic E-state index is 10.3. The van der Waals surface area contributed by atoms with Gasteiger partial charge in [-0.25, -0.2) is 0 Å². The van der Waals surface area contributed by atoms with Gasteiger partial charge in [-0.1, -0.05) is 18.6 Å². The first-order valence-corrected chi connectivity index (χ1v) is 4.83. The SMILES string of the molecule is CC1=CC[C@H]([C@@H](C)CC=O)CC1. The lowest BCUT2D eigenvalue weighted by Gasteiger charge is -2.25. The Bertz CT molecular complexity index is 181. The van der Waals surface area contributed by atoms with E-state index >= 15 is 0 Å². The summed E-state index contributed by atoms with van der Waals surface area (Å²) in [5.41, 5.74) is 1.52. The lowest BCUT2D eigenvalue weighted by atomic mass is 9.81. The van der Waals surface area contributed by atoms with E-state index in [0.717, 1.165) is 18.6 Å². The second-order valence-corrected chi connectivity index (χ2v) is 3.96. The summed E-state index contributed by atoms with van der Waals surface area (Å²) < 4.78 is 0. The third-order valence-electron chi connectivity index (χ3n) is 2.95. The fourth-order valence-corrected chi connectivity index (χ4v) is 1.85. The molecule has 0 N–H and O–H groups in total. The van der Waals surface area contributed by atoms with Gasteiger partial charge in [0.2, 0.25) is 0 Å². The zero-order valence-electron chi connectivity index (χ0n) is 8.05. The van der Waals surface area contributed by atoms with E-state index in [1.54, 1.807) is 0 Å². The molecule has 1 aliphatic carbocycles. The van der Waals surface area contributed by atoms with Gasteiger partial charge in [0.15, 0.2) is 0 Å². The minimum absolute atomic E-state index is 0.576. The van der Waals surface area contributed by atoms with Crippen molar-refractivity contribution < 1.29 is 4.79 Å². The molecule has 0 saturated heterocycles. The summed E-state index contributed by atoms with van der Waals surface area (Å²) in [4.78, 5) is 10.3. The average molecular weight is 166 g/mol. The summed E-state index contributed by atoms with van der Waals surface area (Å²) in [6.07, 6.45) is 7.80. The molecule has 0 aromatic rings. The molecule has 0 spiro atoms. The van der Waals surface area contributed by atoms with E-state index in [0.29, 0.717) is 5.92 Å². The third-order valence-corrected chi connectivity index (χ3v) is 2.95. The monoisotopic (exact) mass is 166 g/mol. The van der Waals surface area contributed by atoms with Crippen molar-refractivity contribution in [2.45, 2.75) is 39.5 Å². The minimum Gasteiger partial charge on any atom is -0.303 e. The molecule has 0 saturated carbocycles. The summed E-state index contributed by atoms with van der Waals surface area (Å²) in [6.45, 7) is 4.38. The van der Waals surface area contributed by atoms with Crippen molar-refractivity contribution in [1.82, 2.24) is 0 Å². The van der Waals surface area contributed by atoms with E-state index in [-0.39, 0.29) is 0 Å². The largest absolute Gasteiger partial charge is 0.303 e. The Morgan fingerprint density at radius 3 is 3.00 bits per heavy atom.